The van der Waals surface area contributed by atoms with Gasteiger partial charge in [-0.05, 0) is 51.5 Å². The molecule has 2 aromatic heterocycles. The van der Waals surface area contributed by atoms with E-state index in [0.29, 0.717) is 11.9 Å². The third kappa shape index (κ3) is 3.62. The van der Waals surface area contributed by atoms with Crippen LogP contribution in [-0.4, -0.2) is 47.1 Å². The molecule has 152 valence electrons. The fraction of sp³-hybridized carbons (Fsp3) is 0.667. The van der Waals surface area contributed by atoms with Gasteiger partial charge in [-0.1, -0.05) is 6.42 Å². The molecular weight excluding hydrogens is 374 g/mol. The summed E-state index contributed by atoms with van der Waals surface area (Å²) in [5, 5.41) is 0.711. The highest BCUT2D eigenvalue weighted by Gasteiger charge is 2.33. The Morgan fingerprint density at radius 3 is 2.86 bits per heavy atom. The number of ether oxygens (including phenoxy) is 1. The molecule has 7 heteroatoms. The van der Waals surface area contributed by atoms with E-state index in [-0.39, 0.29) is 29.4 Å². The number of thiophene rings is 1. The van der Waals surface area contributed by atoms with E-state index in [9.17, 15) is 9.59 Å². The van der Waals surface area contributed by atoms with Crippen molar-refractivity contribution < 1.29 is 9.53 Å². The van der Waals surface area contributed by atoms with Gasteiger partial charge in [0.25, 0.3) is 5.56 Å². The van der Waals surface area contributed by atoms with E-state index in [4.69, 9.17) is 9.72 Å². The fourth-order valence-corrected chi connectivity index (χ4v) is 5.74. The van der Waals surface area contributed by atoms with Crippen molar-refractivity contribution in [1.29, 1.82) is 0 Å². The lowest BCUT2D eigenvalue weighted by molar-refractivity contribution is -0.139. The summed E-state index contributed by atoms with van der Waals surface area (Å²) in [6, 6.07) is 0. The molecule has 28 heavy (non-hydrogen) atoms. The molecular formula is C21H29N3O3S. The number of H-pyrrole nitrogens is 1. The van der Waals surface area contributed by atoms with Gasteiger partial charge in [0.2, 0.25) is 5.91 Å². The molecule has 3 heterocycles. The van der Waals surface area contributed by atoms with Crippen molar-refractivity contribution in [3.05, 3.63) is 26.6 Å². The quantitative estimate of drug-likeness (QED) is 0.851. The highest BCUT2D eigenvalue weighted by atomic mass is 32.1. The molecule has 0 unspecified atom stereocenters. The standard InChI is InChI=1S/C21H29N3O3S/c1-12-13(2)28-20-17(12)19(25)22-18(23-20)15-7-5-9-24(11-15)21(26)14-6-4-8-16(10-14)27-3/h14-16H,4-11H2,1-3H3,(H,22,23,25)/t14-,15-,16+/m0/s1. The van der Waals surface area contributed by atoms with Gasteiger partial charge in [-0.3, -0.25) is 9.59 Å². The molecule has 6 nitrogen and oxygen atoms in total. The van der Waals surface area contributed by atoms with Crippen molar-refractivity contribution in [2.75, 3.05) is 20.2 Å². The van der Waals surface area contributed by atoms with E-state index in [1.807, 2.05) is 18.7 Å². The predicted molar refractivity (Wildman–Crippen MR) is 111 cm³/mol. The first kappa shape index (κ1) is 19.6. The van der Waals surface area contributed by atoms with Gasteiger partial charge in [0.15, 0.2) is 0 Å². The summed E-state index contributed by atoms with van der Waals surface area (Å²) in [6.07, 6.45) is 5.98. The maximum atomic E-state index is 13.1. The number of methoxy groups -OCH3 is 1. The Morgan fingerprint density at radius 2 is 2.07 bits per heavy atom. The zero-order valence-electron chi connectivity index (χ0n) is 16.9. The number of piperidine rings is 1. The molecule has 2 aliphatic rings. The first-order valence-corrected chi connectivity index (χ1v) is 11.1. The molecule has 0 bridgehead atoms. The zero-order valence-corrected chi connectivity index (χ0v) is 17.7. The Hall–Kier alpha value is -1.73. The predicted octanol–water partition coefficient (Wildman–Crippen LogP) is 3.51. The van der Waals surface area contributed by atoms with Crippen LogP contribution in [0.15, 0.2) is 4.79 Å². The van der Waals surface area contributed by atoms with E-state index in [1.165, 1.54) is 0 Å². The van der Waals surface area contributed by atoms with Crippen LogP contribution in [0.3, 0.4) is 0 Å². The summed E-state index contributed by atoms with van der Waals surface area (Å²) in [5.41, 5.74) is 0.964. The number of rotatable bonds is 3. The molecule has 0 radical (unpaired) electrons. The van der Waals surface area contributed by atoms with Gasteiger partial charge in [0.1, 0.15) is 10.7 Å². The van der Waals surface area contributed by atoms with E-state index >= 15 is 0 Å². The maximum absolute atomic E-state index is 13.1. The minimum absolute atomic E-state index is 0.0551. The molecule has 0 spiro atoms. The third-order valence-corrected chi connectivity index (χ3v) is 7.59. The van der Waals surface area contributed by atoms with Crippen LogP contribution in [0.4, 0.5) is 0 Å². The van der Waals surface area contributed by atoms with Crippen molar-refractivity contribution >= 4 is 27.5 Å². The number of carbonyl (C=O) groups excluding carboxylic acids is 1. The summed E-state index contributed by atoms with van der Waals surface area (Å²) in [5.74, 6) is 1.14. The largest absolute Gasteiger partial charge is 0.381 e. The van der Waals surface area contributed by atoms with Crippen LogP contribution in [0.5, 0.6) is 0 Å². The highest BCUT2D eigenvalue weighted by molar-refractivity contribution is 7.18. The van der Waals surface area contributed by atoms with Crippen LogP contribution in [0.1, 0.15) is 60.7 Å². The molecule has 1 saturated heterocycles. The summed E-state index contributed by atoms with van der Waals surface area (Å²) in [6.45, 7) is 5.44. The second kappa shape index (κ2) is 7.95. The number of aryl methyl sites for hydroxylation is 2. The molecule has 1 aliphatic carbocycles. The summed E-state index contributed by atoms with van der Waals surface area (Å²) < 4.78 is 5.50. The van der Waals surface area contributed by atoms with E-state index in [1.54, 1.807) is 18.4 Å². The Balaban J connectivity index is 1.53. The number of hydrogen-bond donors (Lipinski definition) is 1. The fourth-order valence-electron chi connectivity index (χ4n) is 4.71. The second-order valence-electron chi connectivity index (χ2n) is 8.26. The molecule has 1 amide bonds. The third-order valence-electron chi connectivity index (χ3n) is 6.49. The first-order valence-electron chi connectivity index (χ1n) is 10.3. The van der Waals surface area contributed by atoms with Crippen LogP contribution in [0, 0.1) is 19.8 Å². The topological polar surface area (TPSA) is 75.3 Å². The number of likely N-dealkylation sites (tertiary alicyclic amines) is 1. The monoisotopic (exact) mass is 403 g/mol. The van der Waals surface area contributed by atoms with E-state index in [2.05, 4.69) is 4.98 Å². The number of fused-ring (bicyclic) bond motifs is 1. The van der Waals surface area contributed by atoms with E-state index < -0.39 is 0 Å². The summed E-state index contributed by atoms with van der Waals surface area (Å²) in [7, 11) is 1.74. The SMILES string of the molecule is CO[C@@H]1CCC[C@H](C(=O)N2CCC[C@H](c3nc4sc(C)c(C)c4c(=O)[nH]3)C2)C1. The number of hydrogen-bond acceptors (Lipinski definition) is 5. The Labute approximate surface area is 169 Å². The zero-order chi connectivity index (χ0) is 19.8. The van der Waals surface area contributed by atoms with Crippen LogP contribution in [0.25, 0.3) is 10.2 Å². The minimum atomic E-state index is -0.0551. The molecule has 2 aromatic rings. The van der Waals surface area contributed by atoms with Crippen molar-refractivity contribution in [2.24, 2.45) is 5.92 Å². The Kier molecular flexibility index (Phi) is 5.56. The lowest BCUT2D eigenvalue weighted by atomic mass is 9.85. The average Bonchev–Trinajstić information content (AvgIpc) is 3.01. The summed E-state index contributed by atoms with van der Waals surface area (Å²) in [4.78, 5) is 37.5. The molecule has 1 N–H and O–H groups in total. The van der Waals surface area contributed by atoms with Crippen LogP contribution in [-0.2, 0) is 9.53 Å². The second-order valence-corrected chi connectivity index (χ2v) is 9.46. The molecule has 2 fully saturated rings. The molecule has 0 aromatic carbocycles. The molecule has 4 rings (SSSR count). The van der Waals surface area contributed by atoms with Gasteiger partial charge in [0, 0.05) is 36.9 Å². The van der Waals surface area contributed by atoms with Crippen molar-refractivity contribution in [2.45, 2.75) is 64.4 Å². The van der Waals surface area contributed by atoms with Gasteiger partial charge in [0.05, 0.1) is 11.5 Å². The lowest BCUT2D eigenvalue weighted by Gasteiger charge is -2.36. The van der Waals surface area contributed by atoms with Crippen LogP contribution in [0.2, 0.25) is 0 Å². The number of amides is 1. The smallest absolute Gasteiger partial charge is 0.259 e. The van der Waals surface area contributed by atoms with Gasteiger partial charge in [-0.2, -0.15) is 0 Å². The molecule has 3 atom stereocenters. The number of aromatic nitrogens is 2. The average molecular weight is 404 g/mol. The van der Waals surface area contributed by atoms with E-state index in [0.717, 1.165) is 66.2 Å². The van der Waals surface area contributed by atoms with Crippen molar-refractivity contribution in [3.63, 3.8) is 0 Å². The molecule has 1 aliphatic heterocycles. The van der Waals surface area contributed by atoms with Crippen LogP contribution < -0.4 is 5.56 Å². The minimum Gasteiger partial charge on any atom is -0.381 e. The van der Waals surface area contributed by atoms with Gasteiger partial charge in [-0.15, -0.1) is 11.3 Å². The summed E-state index contributed by atoms with van der Waals surface area (Å²) >= 11 is 1.58. The number of carbonyl (C=O) groups is 1. The van der Waals surface area contributed by atoms with Gasteiger partial charge in [-0.25, -0.2) is 4.98 Å². The lowest BCUT2D eigenvalue weighted by Crippen LogP contribution is -2.44. The number of nitrogens with zero attached hydrogens (tertiary/aromatic N) is 2. The van der Waals surface area contributed by atoms with Gasteiger partial charge >= 0.3 is 0 Å². The highest BCUT2D eigenvalue weighted by Crippen LogP contribution is 2.32. The van der Waals surface area contributed by atoms with Crippen molar-refractivity contribution in [3.8, 4) is 0 Å². The molecule has 1 saturated carbocycles. The Morgan fingerprint density at radius 1 is 1.25 bits per heavy atom. The van der Waals surface area contributed by atoms with Crippen molar-refractivity contribution in [1.82, 2.24) is 14.9 Å². The Bertz CT molecular complexity index is 935. The number of aromatic amines is 1. The number of nitrogens with one attached hydrogen (secondary N) is 1. The first-order chi connectivity index (χ1) is 13.5. The normalized spacial score (nSPS) is 26.0. The maximum Gasteiger partial charge on any atom is 0.259 e. The van der Waals surface area contributed by atoms with Crippen LogP contribution >= 0.6 is 11.3 Å². The van der Waals surface area contributed by atoms with Gasteiger partial charge < -0.3 is 14.6 Å².